The fourth-order valence-corrected chi connectivity index (χ4v) is 22.8. The van der Waals surface area contributed by atoms with Crippen LogP contribution < -0.4 is 15.6 Å². The molecule has 0 aliphatic heterocycles. The van der Waals surface area contributed by atoms with E-state index in [9.17, 15) is 29.7 Å². The summed E-state index contributed by atoms with van der Waals surface area (Å²) in [5.74, 6) is 1.87. The van der Waals surface area contributed by atoms with Gasteiger partial charge in [0.15, 0.2) is 17.3 Å². The molecule has 0 spiro atoms. The van der Waals surface area contributed by atoms with Crippen LogP contribution in [0.15, 0.2) is 355 Å². The molecule has 13 aromatic carbocycles. The Morgan fingerprint density at radius 2 is 0.770 bits per heavy atom. The van der Waals surface area contributed by atoms with Gasteiger partial charge in [0.2, 0.25) is 0 Å². The molecule has 4 aromatic heterocycles. The predicted molar refractivity (Wildman–Crippen MR) is 620 cm³/mol. The molecule has 148 heavy (non-hydrogen) atoms. The van der Waals surface area contributed by atoms with Gasteiger partial charge in [-0.2, -0.15) is 0 Å². The van der Waals surface area contributed by atoms with Crippen molar-refractivity contribution in [2.45, 2.75) is 210 Å². The summed E-state index contributed by atoms with van der Waals surface area (Å²) in [6.07, 6.45) is 17.6. The molecule has 16 heteroatoms. The average molecular weight is 2540 g/mol. The van der Waals surface area contributed by atoms with Crippen LogP contribution >= 0.6 is 0 Å². The van der Waals surface area contributed by atoms with E-state index >= 15 is 0 Å². The van der Waals surface area contributed by atoms with E-state index in [1.54, 1.807) is 36.4 Å². The molecule has 769 valence electrons. The minimum Gasteiger partial charge on any atom is -0.512 e. The van der Waals surface area contributed by atoms with Crippen molar-refractivity contribution >= 4 is 118 Å². The molecule has 2 saturated carbocycles. The first-order chi connectivity index (χ1) is 69.8. The number of hydrogen-bond donors (Lipinski definition) is 3. The largest absolute Gasteiger partial charge is 0.512 e. The number of carbonyl (C=O) groups excluding carboxylic acids is 3. The number of allylic oxidation sites excluding steroid dienone is 5. The van der Waals surface area contributed by atoms with Crippen LogP contribution in [-0.4, -0.2) is 71.8 Å². The number of carbonyl (C=O) groups is 3. The molecule has 0 amide bonds. The summed E-state index contributed by atoms with van der Waals surface area (Å²) in [6, 6.07) is 121. The van der Waals surface area contributed by atoms with Crippen molar-refractivity contribution in [2.24, 2.45) is 23.7 Å². The molecular formula is C132H142Ir3N3O7Si3-3. The van der Waals surface area contributed by atoms with Crippen LogP contribution in [0.2, 0.25) is 58.9 Å². The van der Waals surface area contributed by atoms with Gasteiger partial charge in [-0.3, -0.25) is 29.3 Å². The van der Waals surface area contributed by atoms with E-state index in [1.807, 2.05) is 89.2 Å². The summed E-state index contributed by atoms with van der Waals surface area (Å²) < 4.78 is 6.03. The van der Waals surface area contributed by atoms with Crippen molar-refractivity contribution in [3.8, 4) is 78.3 Å². The third kappa shape index (κ3) is 30.3. The van der Waals surface area contributed by atoms with E-state index in [0.29, 0.717) is 28.4 Å². The zero-order chi connectivity index (χ0) is 103. The third-order valence-corrected chi connectivity index (χ3v) is 34.4. The Hall–Kier alpha value is -11.9. The summed E-state index contributed by atoms with van der Waals surface area (Å²) in [5, 5.41) is 40.0. The summed E-state index contributed by atoms with van der Waals surface area (Å²) >= 11 is 0. The first kappa shape index (κ1) is 116. The average Bonchev–Trinajstić information content (AvgIpc) is 1.49. The molecule has 17 aromatic rings. The van der Waals surface area contributed by atoms with Gasteiger partial charge < -0.3 is 19.7 Å². The Labute approximate surface area is 922 Å². The minimum atomic E-state index is -1.42. The number of aliphatic hydroxyl groups is 3. The van der Waals surface area contributed by atoms with E-state index in [1.165, 1.54) is 121 Å². The van der Waals surface area contributed by atoms with E-state index < -0.39 is 24.2 Å². The number of pyridine rings is 3. The Bertz CT molecular complexity index is 7400. The number of benzene rings is 13. The number of furan rings is 1. The van der Waals surface area contributed by atoms with Gasteiger partial charge >= 0.3 is 0 Å². The topological polar surface area (TPSA) is 164 Å². The van der Waals surface area contributed by atoms with Crippen molar-refractivity contribution < 1.29 is 94.4 Å². The van der Waals surface area contributed by atoms with Crippen LogP contribution in [-0.2, 0) is 69.9 Å². The maximum absolute atomic E-state index is 12.4. The zero-order valence-corrected chi connectivity index (χ0v) is 99.0. The van der Waals surface area contributed by atoms with Gasteiger partial charge in [0.05, 0.1) is 52.1 Å². The monoisotopic (exact) mass is 2540 g/mol. The number of hydrogen-bond acceptors (Lipinski definition) is 10. The number of aryl methyl sites for hydroxylation is 1. The van der Waals surface area contributed by atoms with Crippen molar-refractivity contribution in [3.05, 3.63) is 391 Å². The molecular weight excluding hydrogens is 2400 g/mol. The number of ketones is 3. The normalized spacial score (nSPS) is 13.2. The molecule has 0 saturated heterocycles. The van der Waals surface area contributed by atoms with Gasteiger partial charge in [-0.05, 0) is 161 Å². The molecule has 0 unspecified atom stereocenters. The Kier molecular flexibility index (Phi) is 42.9. The van der Waals surface area contributed by atoms with Gasteiger partial charge in [-0.25, -0.2) is 0 Å². The number of Topliss-reactive ketones (excluding diaryl/α,β-unsaturated/α-hetero) is 1. The smallest absolute Gasteiger partial charge is 0.189 e. The number of para-hydroxylation sites is 1. The summed E-state index contributed by atoms with van der Waals surface area (Å²) in [6.45, 7) is 38.0. The fourth-order valence-electron chi connectivity index (χ4n) is 19.2. The number of aliphatic hydroxyl groups excluding tert-OH is 3. The SMILES string of the molecule is CC(C(=O)C1CCCCC1)=C(O)C1CCCCC1.CC(C)c1cc[c-]c(-c2nc3ccc([Si](C)(C)C)cc3cc2-c2ccccc2)c1.CCC(CC)C(=O)C=C(O)C(CC)CC.C[Si](C)(C)c1ccc2nc(-c3[c-]cc4oc5ccccc5c4c3)c(-c3ccccc3)cc2c1.Cc1c[c-]c(-c2nc3ccc([Si](C)(C)C)cc3cc2-c2ccccc2)cc1-c1ccccc1.O=C(C=C(O)c1ccccc1)c1ccccc1.[Ir].[Ir].[Ir]. The first-order valence-electron chi connectivity index (χ1n) is 52.2. The maximum Gasteiger partial charge on any atom is 0.189 e. The molecule has 2 fully saturated rings. The van der Waals surface area contributed by atoms with Gasteiger partial charge in [0, 0.05) is 118 Å². The van der Waals surface area contributed by atoms with E-state index in [-0.39, 0.29) is 113 Å². The van der Waals surface area contributed by atoms with Crippen LogP contribution in [0.5, 0.6) is 0 Å². The summed E-state index contributed by atoms with van der Waals surface area (Å²) in [5.41, 5.74) is 24.6. The number of fused-ring (bicyclic) bond motifs is 6. The maximum atomic E-state index is 12.4. The van der Waals surface area contributed by atoms with Crippen LogP contribution in [0.1, 0.15) is 171 Å². The molecule has 3 N–H and O–H groups in total. The van der Waals surface area contributed by atoms with Gasteiger partial charge in [-0.15, -0.1) is 88.5 Å². The molecule has 3 radical (unpaired) electrons. The van der Waals surface area contributed by atoms with Crippen LogP contribution in [0.4, 0.5) is 0 Å². The molecule has 10 nitrogen and oxygen atoms in total. The second-order valence-electron chi connectivity index (χ2n) is 42.1. The molecule has 2 aliphatic carbocycles. The summed E-state index contributed by atoms with van der Waals surface area (Å²) in [7, 11) is -4.21. The molecule has 2 aliphatic rings. The van der Waals surface area contributed by atoms with Crippen LogP contribution in [0.25, 0.3) is 139 Å². The Balaban J connectivity index is 0.000000172. The quantitative estimate of drug-likeness (QED) is 0.0174. The molecule has 19 rings (SSSR count). The molecule has 0 bridgehead atoms. The standard InChI is InChI=1S/C31H28NSi.C30H24NOSi.C27H28NSi.C16H26O2.C15H12O2.C13H24O2.3Ir/c1-22-15-16-25(20-28(22)23-11-7-5-8-12-23)31-29(24-13-9-6-10-14-24)21-26-19-27(33(2,3)4)17-18-30(26)32-31;1-33(2,3)23-14-15-27-22(17-23)19-25(20-9-5-4-6-10-20)30(31-27)21-13-16-29-26(18-21)24-11-7-8-12-28(24)32-29;1-19(2)21-12-9-13-22(16-21)27-25(20-10-7-6-8-11-20)18-23-17-24(29(3,4)5)14-15-26(23)28-27;1-12(15(17)13-8-4-2-5-9-13)16(18)14-10-6-3-7-11-14;16-14(12-7-3-1-4-8-12)11-15(17)13-9-5-2-6-10-13;1-5-10(6-2)12(14)9-13(15)11(7-3)8-4;;;/h5-15,17-21H,1-4H3;4-12,14-19H,1-3H3;6-12,14-19H,1-5H3;13-14,17H,2-11H2,1H3;1-11,16H;9-11,14H,5-8H2,1-4H3;;;/q3*-1;;;;;;. The number of rotatable bonds is 24. The molecule has 4 heterocycles. The van der Waals surface area contributed by atoms with Crippen molar-refractivity contribution in [1.29, 1.82) is 0 Å². The van der Waals surface area contributed by atoms with Crippen LogP contribution in [0.3, 0.4) is 0 Å². The van der Waals surface area contributed by atoms with E-state index in [0.717, 1.165) is 140 Å². The summed E-state index contributed by atoms with van der Waals surface area (Å²) in [4.78, 5) is 51.4. The van der Waals surface area contributed by atoms with Gasteiger partial charge in [-0.1, -0.05) is 427 Å². The predicted octanol–water partition coefficient (Wildman–Crippen LogP) is 34.6. The van der Waals surface area contributed by atoms with Gasteiger partial charge in [0.1, 0.15) is 17.1 Å². The van der Waals surface area contributed by atoms with Crippen molar-refractivity contribution in [3.63, 3.8) is 0 Å². The minimum absolute atomic E-state index is 0. The van der Waals surface area contributed by atoms with E-state index in [2.05, 4.69) is 328 Å². The van der Waals surface area contributed by atoms with E-state index in [4.69, 9.17) is 19.4 Å². The first-order valence-corrected chi connectivity index (χ1v) is 62.7. The Morgan fingerprint density at radius 3 is 1.19 bits per heavy atom. The number of aromatic nitrogens is 3. The third-order valence-electron chi connectivity index (χ3n) is 28.3. The second-order valence-corrected chi connectivity index (χ2v) is 57.3. The fraction of sp³-hybridized carbons (Fsp3) is 0.273. The second kappa shape index (κ2) is 54.5. The zero-order valence-electron chi connectivity index (χ0n) is 88.9. The Morgan fingerprint density at radius 1 is 0.392 bits per heavy atom. The van der Waals surface area contributed by atoms with Crippen molar-refractivity contribution in [2.75, 3.05) is 0 Å². The van der Waals surface area contributed by atoms with Gasteiger partial charge in [0.25, 0.3) is 0 Å². The van der Waals surface area contributed by atoms with Crippen molar-refractivity contribution in [1.82, 2.24) is 15.0 Å². The van der Waals surface area contributed by atoms with Crippen LogP contribution in [0, 0.1) is 48.8 Å². The number of nitrogens with zero attached hydrogens (tertiary/aromatic N) is 3. The molecule has 0 atom stereocenters.